The molecule has 26 heavy (non-hydrogen) atoms. The van der Waals surface area contributed by atoms with Gasteiger partial charge in [0.2, 0.25) is 5.95 Å². The minimum Gasteiger partial charge on any atom is -0.364 e. The van der Waals surface area contributed by atoms with Crippen molar-refractivity contribution in [3.63, 3.8) is 0 Å². The molecule has 0 saturated carbocycles. The minimum absolute atomic E-state index is 0.432. The number of hydrogen-bond donors (Lipinski definition) is 1. The molecule has 0 unspecified atom stereocenters. The van der Waals surface area contributed by atoms with Crippen LogP contribution in [0.4, 0.5) is 11.6 Å². The molecule has 4 nitrogen and oxygen atoms in total. The number of hydrogen-bond acceptors (Lipinski definition) is 3. The third-order valence-electron chi connectivity index (χ3n) is 4.66. The number of ether oxygens (including phenoxy) is 1. The second-order valence-electron chi connectivity index (χ2n) is 6.26. The van der Waals surface area contributed by atoms with Gasteiger partial charge in [0.15, 0.2) is 0 Å². The molecule has 2 aromatic carbocycles. The maximum absolute atomic E-state index is 6.05. The number of aromatic nitrogens is 2. The Morgan fingerprint density at radius 3 is 2.65 bits per heavy atom. The van der Waals surface area contributed by atoms with Crippen molar-refractivity contribution in [1.29, 1.82) is 0 Å². The summed E-state index contributed by atoms with van der Waals surface area (Å²) in [7, 11) is 1.70. The molecule has 0 saturated heterocycles. The van der Waals surface area contributed by atoms with Crippen LogP contribution in [0.15, 0.2) is 40.9 Å². The number of methoxy groups -OCH3 is 1. The number of nitrogens with one attached hydrogen (secondary N) is 1. The molecule has 1 N–H and O–H groups in total. The predicted octanol–water partition coefficient (Wildman–Crippen LogP) is 6.70. The molecule has 0 aliphatic carbocycles. The van der Waals surface area contributed by atoms with Crippen LogP contribution in [-0.4, -0.2) is 16.7 Å². The summed E-state index contributed by atoms with van der Waals surface area (Å²) in [4.78, 5) is 4.82. The lowest BCUT2D eigenvalue weighted by Gasteiger charge is -2.17. The van der Waals surface area contributed by atoms with Crippen molar-refractivity contribution >= 4 is 50.2 Å². The third kappa shape index (κ3) is 3.75. The molecular weight excluding hydrogens is 414 g/mol. The standard InChI is InChI=1S/C20H23BrClN3O/c1-4-13(5-2)15-7-6-8-18-19(15)25(12-26-3)20(24-18)23-17-10-9-14(22)11-16(17)21/h6-11,13H,4-5,12H2,1-3H3,(H,23,24). The van der Waals surface area contributed by atoms with E-state index in [4.69, 9.17) is 21.3 Å². The number of fused-ring (bicyclic) bond motifs is 1. The predicted molar refractivity (Wildman–Crippen MR) is 112 cm³/mol. The van der Waals surface area contributed by atoms with Crippen molar-refractivity contribution in [1.82, 2.24) is 9.55 Å². The molecule has 138 valence electrons. The Morgan fingerprint density at radius 2 is 2.00 bits per heavy atom. The highest BCUT2D eigenvalue weighted by atomic mass is 79.9. The average Bonchev–Trinajstić information content (AvgIpc) is 2.97. The zero-order chi connectivity index (χ0) is 18.7. The molecule has 0 aliphatic rings. The first-order valence-electron chi connectivity index (χ1n) is 8.79. The van der Waals surface area contributed by atoms with Crippen LogP contribution in [0.1, 0.15) is 38.2 Å². The molecule has 3 aromatic rings. The van der Waals surface area contributed by atoms with E-state index in [-0.39, 0.29) is 0 Å². The molecule has 6 heteroatoms. The highest BCUT2D eigenvalue weighted by Gasteiger charge is 2.18. The number of nitrogens with zero attached hydrogens (tertiary/aromatic N) is 2. The van der Waals surface area contributed by atoms with Crippen LogP contribution in [0.5, 0.6) is 0 Å². The zero-order valence-electron chi connectivity index (χ0n) is 15.2. The van der Waals surface area contributed by atoms with Gasteiger partial charge in [-0.1, -0.05) is 37.6 Å². The molecule has 0 spiro atoms. The third-order valence-corrected chi connectivity index (χ3v) is 5.55. The van der Waals surface area contributed by atoms with E-state index in [9.17, 15) is 0 Å². The van der Waals surface area contributed by atoms with Crippen molar-refractivity contribution in [2.75, 3.05) is 12.4 Å². The fourth-order valence-electron chi connectivity index (χ4n) is 3.33. The van der Waals surface area contributed by atoms with Gasteiger partial charge < -0.3 is 10.1 Å². The molecule has 0 fully saturated rings. The molecule has 3 rings (SSSR count). The first kappa shape index (κ1) is 19.2. The van der Waals surface area contributed by atoms with E-state index in [0.717, 1.165) is 40.0 Å². The summed E-state index contributed by atoms with van der Waals surface area (Å²) in [5.41, 5.74) is 4.33. The van der Waals surface area contributed by atoms with Crippen LogP contribution in [0, 0.1) is 0 Å². The van der Waals surface area contributed by atoms with Gasteiger partial charge >= 0.3 is 0 Å². The Kier molecular flexibility index (Phi) is 6.22. The Hall–Kier alpha value is -1.56. The molecule has 0 atom stereocenters. The molecule has 0 amide bonds. The SMILES string of the molecule is CCC(CC)c1cccc2nc(Nc3ccc(Cl)cc3Br)n(COC)c12. The fraction of sp³-hybridized carbons (Fsp3) is 0.350. The molecule has 1 aromatic heterocycles. The van der Waals surface area contributed by atoms with E-state index in [1.807, 2.05) is 18.2 Å². The number of imidazole rings is 1. The number of rotatable bonds is 7. The van der Waals surface area contributed by atoms with E-state index in [0.29, 0.717) is 17.7 Å². The molecule has 0 radical (unpaired) electrons. The van der Waals surface area contributed by atoms with Gasteiger partial charge in [0.25, 0.3) is 0 Å². The number of halogens is 2. The lowest BCUT2D eigenvalue weighted by molar-refractivity contribution is 0.136. The second-order valence-corrected chi connectivity index (χ2v) is 7.55. The van der Waals surface area contributed by atoms with Gasteiger partial charge in [0.1, 0.15) is 6.73 Å². The van der Waals surface area contributed by atoms with Crippen molar-refractivity contribution in [2.24, 2.45) is 0 Å². The first-order valence-corrected chi connectivity index (χ1v) is 9.96. The van der Waals surface area contributed by atoms with Crippen LogP contribution in [0.3, 0.4) is 0 Å². The number of para-hydroxylation sites is 1. The van der Waals surface area contributed by atoms with Crippen molar-refractivity contribution < 1.29 is 4.74 Å². The minimum atomic E-state index is 0.432. The number of anilines is 2. The molecular formula is C20H23BrClN3O. The van der Waals surface area contributed by atoms with Gasteiger partial charge in [-0.2, -0.15) is 0 Å². The average molecular weight is 437 g/mol. The lowest BCUT2D eigenvalue weighted by atomic mass is 9.93. The quantitative estimate of drug-likeness (QED) is 0.447. The largest absolute Gasteiger partial charge is 0.364 e. The highest BCUT2D eigenvalue weighted by Crippen LogP contribution is 2.34. The summed E-state index contributed by atoms with van der Waals surface area (Å²) in [6.07, 6.45) is 2.19. The van der Waals surface area contributed by atoms with Gasteiger partial charge in [-0.05, 0) is 64.5 Å². The molecule has 1 heterocycles. The summed E-state index contributed by atoms with van der Waals surface area (Å²) < 4.78 is 8.47. The summed E-state index contributed by atoms with van der Waals surface area (Å²) in [6.45, 7) is 4.89. The summed E-state index contributed by atoms with van der Waals surface area (Å²) in [6, 6.07) is 12.0. The molecule has 0 bridgehead atoms. The van der Waals surface area contributed by atoms with Gasteiger partial charge in [-0.15, -0.1) is 0 Å². The topological polar surface area (TPSA) is 39.1 Å². The normalized spacial score (nSPS) is 11.5. The van der Waals surface area contributed by atoms with Crippen LogP contribution >= 0.6 is 27.5 Å². The van der Waals surface area contributed by atoms with Crippen LogP contribution in [0.2, 0.25) is 5.02 Å². The fourth-order valence-corrected chi connectivity index (χ4v) is 4.11. The summed E-state index contributed by atoms with van der Waals surface area (Å²) in [5, 5.41) is 4.09. The van der Waals surface area contributed by atoms with E-state index in [1.165, 1.54) is 5.56 Å². The first-order chi connectivity index (χ1) is 12.6. The Morgan fingerprint density at radius 1 is 1.23 bits per heavy atom. The van der Waals surface area contributed by atoms with Gasteiger partial charge in [-0.25, -0.2) is 4.98 Å². The van der Waals surface area contributed by atoms with Crippen molar-refractivity contribution in [3.05, 3.63) is 51.5 Å². The Balaban J connectivity index is 2.13. The monoisotopic (exact) mass is 435 g/mol. The van der Waals surface area contributed by atoms with Gasteiger partial charge in [-0.3, -0.25) is 4.57 Å². The summed E-state index contributed by atoms with van der Waals surface area (Å²) in [5.74, 6) is 1.25. The number of benzene rings is 2. The second kappa shape index (κ2) is 8.42. The van der Waals surface area contributed by atoms with Crippen LogP contribution < -0.4 is 5.32 Å². The van der Waals surface area contributed by atoms with Crippen molar-refractivity contribution in [2.45, 2.75) is 39.3 Å². The Labute approximate surface area is 167 Å². The van der Waals surface area contributed by atoms with Gasteiger partial charge in [0.05, 0.1) is 16.7 Å². The Bertz CT molecular complexity index is 905. The lowest BCUT2D eigenvalue weighted by Crippen LogP contribution is -2.08. The van der Waals surface area contributed by atoms with Crippen LogP contribution in [0.25, 0.3) is 11.0 Å². The molecule has 0 aliphatic heterocycles. The highest BCUT2D eigenvalue weighted by molar-refractivity contribution is 9.10. The van der Waals surface area contributed by atoms with E-state index < -0.39 is 0 Å². The van der Waals surface area contributed by atoms with Crippen LogP contribution in [-0.2, 0) is 11.5 Å². The van der Waals surface area contributed by atoms with E-state index >= 15 is 0 Å². The maximum atomic E-state index is 6.05. The van der Waals surface area contributed by atoms with Gasteiger partial charge in [0, 0.05) is 16.6 Å². The smallest absolute Gasteiger partial charge is 0.210 e. The van der Waals surface area contributed by atoms with E-state index in [1.54, 1.807) is 7.11 Å². The van der Waals surface area contributed by atoms with E-state index in [2.05, 4.69) is 57.9 Å². The van der Waals surface area contributed by atoms with Crippen molar-refractivity contribution in [3.8, 4) is 0 Å². The zero-order valence-corrected chi connectivity index (χ0v) is 17.6. The maximum Gasteiger partial charge on any atom is 0.210 e. The summed E-state index contributed by atoms with van der Waals surface area (Å²) >= 11 is 9.61.